The van der Waals surface area contributed by atoms with Crippen molar-refractivity contribution in [2.45, 2.75) is 26.8 Å². The third-order valence-electron chi connectivity index (χ3n) is 3.59. The number of carbonyl (C=O) groups is 2. The van der Waals surface area contributed by atoms with E-state index in [4.69, 9.17) is 4.74 Å². The Balaban J connectivity index is 2.39. The van der Waals surface area contributed by atoms with Crippen LogP contribution in [-0.2, 0) is 9.59 Å². The predicted octanol–water partition coefficient (Wildman–Crippen LogP) is 1.73. The summed E-state index contributed by atoms with van der Waals surface area (Å²) in [5, 5.41) is 5.71. The molecule has 1 rings (SSSR count). The summed E-state index contributed by atoms with van der Waals surface area (Å²) in [4.78, 5) is 25.5. The van der Waals surface area contributed by atoms with Crippen molar-refractivity contribution in [2.24, 2.45) is 5.92 Å². The Labute approximate surface area is 138 Å². The molecule has 0 bridgehead atoms. The van der Waals surface area contributed by atoms with Gasteiger partial charge in [-0.05, 0) is 44.2 Å². The molecule has 0 saturated heterocycles. The van der Waals surface area contributed by atoms with Crippen molar-refractivity contribution < 1.29 is 14.3 Å². The zero-order valence-corrected chi connectivity index (χ0v) is 14.6. The maximum atomic E-state index is 12.0. The molecule has 6 nitrogen and oxygen atoms in total. The molecule has 6 heteroatoms. The van der Waals surface area contributed by atoms with Crippen LogP contribution in [0.15, 0.2) is 24.3 Å². The summed E-state index contributed by atoms with van der Waals surface area (Å²) in [5.41, 5.74) is 0.696. The van der Waals surface area contributed by atoms with Crippen LogP contribution in [0.25, 0.3) is 0 Å². The second-order valence-electron chi connectivity index (χ2n) is 6.05. The Morgan fingerprint density at radius 2 is 1.65 bits per heavy atom. The summed E-state index contributed by atoms with van der Waals surface area (Å²) in [7, 11) is 3.33. The van der Waals surface area contributed by atoms with Gasteiger partial charge in [0, 0.05) is 11.7 Å². The van der Waals surface area contributed by atoms with Crippen LogP contribution in [0.4, 0.5) is 5.69 Å². The smallest absolute Gasteiger partial charge is 0.238 e. The van der Waals surface area contributed by atoms with Crippen molar-refractivity contribution in [2.75, 3.05) is 32.6 Å². The zero-order chi connectivity index (χ0) is 17.4. The highest BCUT2D eigenvalue weighted by Gasteiger charge is 2.14. The van der Waals surface area contributed by atoms with Crippen molar-refractivity contribution in [1.29, 1.82) is 0 Å². The molecule has 0 heterocycles. The van der Waals surface area contributed by atoms with Crippen molar-refractivity contribution in [3.63, 3.8) is 0 Å². The van der Waals surface area contributed by atoms with E-state index in [0.717, 1.165) is 5.75 Å². The summed E-state index contributed by atoms with van der Waals surface area (Å²) >= 11 is 0. The van der Waals surface area contributed by atoms with Gasteiger partial charge in [-0.3, -0.25) is 14.5 Å². The van der Waals surface area contributed by atoms with E-state index in [1.165, 1.54) is 0 Å². The number of rotatable bonds is 8. The average Bonchev–Trinajstić information content (AvgIpc) is 2.47. The highest BCUT2D eigenvalue weighted by molar-refractivity contribution is 5.92. The predicted molar refractivity (Wildman–Crippen MR) is 91.6 cm³/mol. The molecule has 23 heavy (non-hydrogen) atoms. The first-order chi connectivity index (χ1) is 10.8. The molecular formula is C17H27N3O3. The molecular weight excluding hydrogens is 294 g/mol. The monoisotopic (exact) mass is 321 g/mol. The fourth-order valence-corrected chi connectivity index (χ4v) is 1.89. The van der Waals surface area contributed by atoms with Crippen LogP contribution in [0.3, 0.4) is 0 Å². The number of likely N-dealkylation sites (N-methyl/N-ethyl adjacent to an activating group) is 1. The molecule has 0 aliphatic heterocycles. The Bertz CT molecular complexity index is 514. The molecule has 1 atom stereocenters. The van der Waals surface area contributed by atoms with Crippen LogP contribution >= 0.6 is 0 Å². The lowest BCUT2D eigenvalue weighted by Gasteiger charge is -2.20. The van der Waals surface area contributed by atoms with Crippen LogP contribution in [0, 0.1) is 5.92 Å². The van der Waals surface area contributed by atoms with Gasteiger partial charge in [0.25, 0.3) is 0 Å². The van der Waals surface area contributed by atoms with Gasteiger partial charge in [-0.15, -0.1) is 0 Å². The van der Waals surface area contributed by atoms with Gasteiger partial charge < -0.3 is 15.4 Å². The van der Waals surface area contributed by atoms with Crippen LogP contribution in [-0.4, -0.2) is 50.0 Å². The molecule has 0 aliphatic rings. The molecule has 0 spiro atoms. The normalized spacial score (nSPS) is 12.1. The number of nitrogens with one attached hydrogen (secondary N) is 2. The number of ether oxygens (including phenoxy) is 1. The molecule has 1 aromatic carbocycles. The number of hydrogen-bond donors (Lipinski definition) is 2. The summed E-state index contributed by atoms with van der Waals surface area (Å²) in [5.74, 6) is 0.868. The number of hydrogen-bond acceptors (Lipinski definition) is 4. The standard InChI is InChI=1S/C17H27N3O3/c1-12(2)13(3)18-16(21)10-20(4)11-17(22)19-14-6-8-15(23-5)9-7-14/h6-9,12-13H,10-11H2,1-5H3,(H,18,21)(H,19,22). The fourth-order valence-electron chi connectivity index (χ4n) is 1.89. The quantitative estimate of drug-likeness (QED) is 0.765. The maximum Gasteiger partial charge on any atom is 0.238 e. The third-order valence-corrected chi connectivity index (χ3v) is 3.59. The molecule has 1 aromatic rings. The van der Waals surface area contributed by atoms with E-state index in [1.807, 2.05) is 6.92 Å². The molecule has 0 aromatic heterocycles. The topological polar surface area (TPSA) is 70.7 Å². The van der Waals surface area contributed by atoms with Crippen LogP contribution in [0.5, 0.6) is 5.75 Å². The van der Waals surface area contributed by atoms with E-state index in [-0.39, 0.29) is 30.9 Å². The van der Waals surface area contributed by atoms with Crippen LogP contribution in [0.2, 0.25) is 0 Å². The second kappa shape index (κ2) is 9.15. The van der Waals surface area contributed by atoms with Gasteiger partial charge in [-0.2, -0.15) is 0 Å². The molecule has 0 radical (unpaired) electrons. The Morgan fingerprint density at radius 3 is 2.17 bits per heavy atom. The number of anilines is 1. The third kappa shape index (κ3) is 7.15. The van der Waals surface area contributed by atoms with Crippen molar-refractivity contribution in [1.82, 2.24) is 10.2 Å². The fraction of sp³-hybridized carbons (Fsp3) is 0.529. The lowest BCUT2D eigenvalue weighted by molar-refractivity contribution is -0.123. The number of amides is 2. The molecule has 0 fully saturated rings. The largest absolute Gasteiger partial charge is 0.497 e. The first-order valence-corrected chi connectivity index (χ1v) is 7.73. The SMILES string of the molecule is COc1ccc(NC(=O)CN(C)CC(=O)NC(C)C(C)C)cc1. The molecule has 2 N–H and O–H groups in total. The highest BCUT2D eigenvalue weighted by atomic mass is 16.5. The van der Waals surface area contributed by atoms with Gasteiger partial charge in [0.2, 0.25) is 11.8 Å². The van der Waals surface area contributed by atoms with Gasteiger partial charge in [0.15, 0.2) is 0 Å². The van der Waals surface area contributed by atoms with Crippen molar-refractivity contribution in [3.8, 4) is 5.75 Å². The average molecular weight is 321 g/mol. The molecule has 128 valence electrons. The lowest BCUT2D eigenvalue weighted by Crippen LogP contribution is -2.43. The Hall–Kier alpha value is -2.08. The first-order valence-electron chi connectivity index (χ1n) is 7.73. The highest BCUT2D eigenvalue weighted by Crippen LogP contribution is 2.14. The van der Waals surface area contributed by atoms with E-state index in [9.17, 15) is 9.59 Å². The van der Waals surface area contributed by atoms with E-state index < -0.39 is 0 Å². The van der Waals surface area contributed by atoms with E-state index in [1.54, 1.807) is 43.3 Å². The second-order valence-corrected chi connectivity index (χ2v) is 6.05. The minimum atomic E-state index is -0.164. The summed E-state index contributed by atoms with van der Waals surface area (Å²) in [6.07, 6.45) is 0. The summed E-state index contributed by atoms with van der Waals surface area (Å²) in [6, 6.07) is 7.21. The number of nitrogens with zero attached hydrogens (tertiary/aromatic N) is 1. The van der Waals surface area contributed by atoms with Gasteiger partial charge in [0.1, 0.15) is 5.75 Å². The molecule has 1 unspecified atom stereocenters. The molecule has 0 saturated carbocycles. The lowest BCUT2D eigenvalue weighted by atomic mass is 10.1. The Morgan fingerprint density at radius 1 is 1.09 bits per heavy atom. The number of carbonyl (C=O) groups excluding carboxylic acids is 2. The van der Waals surface area contributed by atoms with Crippen molar-refractivity contribution in [3.05, 3.63) is 24.3 Å². The van der Waals surface area contributed by atoms with Gasteiger partial charge >= 0.3 is 0 Å². The maximum absolute atomic E-state index is 12.0. The van der Waals surface area contributed by atoms with E-state index >= 15 is 0 Å². The first kappa shape index (κ1) is 19.0. The van der Waals surface area contributed by atoms with Crippen LogP contribution < -0.4 is 15.4 Å². The van der Waals surface area contributed by atoms with Gasteiger partial charge in [0.05, 0.1) is 20.2 Å². The molecule has 2 amide bonds. The van der Waals surface area contributed by atoms with Gasteiger partial charge in [-0.25, -0.2) is 0 Å². The Kier molecular flexibility index (Phi) is 7.54. The number of benzene rings is 1. The molecule has 0 aliphatic carbocycles. The van der Waals surface area contributed by atoms with Crippen LogP contribution in [0.1, 0.15) is 20.8 Å². The van der Waals surface area contributed by atoms with E-state index in [0.29, 0.717) is 11.6 Å². The zero-order valence-electron chi connectivity index (χ0n) is 14.6. The van der Waals surface area contributed by atoms with Gasteiger partial charge in [-0.1, -0.05) is 13.8 Å². The number of methoxy groups -OCH3 is 1. The minimum Gasteiger partial charge on any atom is -0.497 e. The summed E-state index contributed by atoms with van der Waals surface area (Å²) in [6.45, 7) is 6.41. The minimum absolute atomic E-state index is 0.0778. The summed E-state index contributed by atoms with van der Waals surface area (Å²) < 4.78 is 5.07. The van der Waals surface area contributed by atoms with E-state index in [2.05, 4.69) is 24.5 Å². The van der Waals surface area contributed by atoms with Crippen molar-refractivity contribution >= 4 is 17.5 Å².